The number of primary amides is 2. The summed E-state index contributed by atoms with van der Waals surface area (Å²) in [5, 5.41) is 11.5. The topological polar surface area (TPSA) is 142 Å². The molecule has 9 nitrogen and oxygen atoms in total. The van der Waals surface area contributed by atoms with Gasteiger partial charge >= 0.3 is 0 Å². The molecule has 5 rings (SSSR count). The second-order valence-corrected chi connectivity index (χ2v) is 7.92. The highest BCUT2D eigenvalue weighted by atomic mass is 16.2. The molecule has 1 atom stereocenters. The number of rotatable bonds is 6. The Bertz CT molecular complexity index is 1270. The number of allylic oxidation sites excluding steroid dienone is 2. The third-order valence-corrected chi connectivity index (χ3v) is 5.77. The molecule has 5 N–H and O–H groups in total. The Labute approximate surface area is 183 Å². The number of dihydropyridines is 1. The van der Waals surface area contributed by atoms with Gasteiger partial charge in [0, 0.05) is 17.8 Å². The third-order valence-electron chi connectivity index (χ3n) is 5.77. The van der Waals surface area contributed by atoms with Crippen molar-refractivity contribution >= 4 is 17.4 Å². The van der Waals surface area contributed by atoms with E-state index in [1.807, 2.05) is 30.3 Å². The first kappa shape index (κ1) is 19.7. The summed E-state index contributed by atoms with van der Waals surface area (Å²) in [4.78, 5) is 28.2. The average Bonchev–Trinajstić information content (AvgIpc) is 3.55. The molecule has 0 saturated heterocycles. The molecule has 2 amide bonds. The maximum atomic E-state index is 12.8. The molecule has 0 radical (unpaired) electrons. The monoisotopic (exact) mass is 427 g/mol. The predicted octanol–water partition coefficient (Wildman–Crippen LogP) is 1.65. The van der Waals surface area contributed by atoms with Gasteiger partial charge < -0.3 is 21.4 Å². The van der Waals surface area contributed by atoms with Crippen LogP contribution in [0, 0.1) is 0 Å². The van der Waals surface area contributed by atoms with Crippen LogP contribution in [0.5, 0.6) is 0 Å². The Balaban J connectivity index is 1.57. The number of nitrogens with zero attached hydrogens (tertiary/aromatic N) is 4. The highest BCUT2D eigenvalue weighted by molar-refractivity contribution is 5.94. The maximum Gasteiger partial charge on any atom is 0.267 e. The van der Waals surface area contributed by atoms with E-state index in [1.54, 1.807) is 36.9 Å². The lowest BCUT2D eigenvalue weighted by molar-refractivity contribution is -0.122. The Morgan fingerprint density at radius 1 is 1.12 bits per heavy atom. The van der Waals surface area contributed by atoms with Gasteiger partial charge in [-0.05, 0) is 60.0 Å². The second kappa shape index (κ2) is 7.45. The van der Waals surface area contributed by atoms with Crippen LogP contribution in [0.2, 0.25) is 0 Å². The molecule has 1 saturated carbocycles. The number of hydrogen-bond donors (Lipinski definition) is 3. The molecule has 3 heterocycles. The van der Waals surface area contributed by atoms with Crippen LogP contribution >= 0.6 is 0 Å². The lowest BCUT2D eigenvalue weighted by Crippen LogP contribution is -2.50. The molecule has 1 fully saturated rings. The van der Waals surface area contributed by atoms with Crippen molar-refractivity contribution in [1.82, 2.24) is 25.1 Å². The smallest absolute Gasteiger partial charge is 0.267 e. The van der Waals surface area contributed by atoms with E-state index in [0.29, 0.717) is 11.6 Å². The van der Waals surface area contributed by atoms with Gasteiger partial charge in [0.1, 0.15) is 12.0 Å². The molecule has 32 heavy (non-hydrogen) atoms. The molecule has 3 aromatic rings. The van der Waals surface area contributed by atoms with Gasteiger partial charge in [0.2, 0.25) is 0 Å². The zero-order valence-electron chi connectivity index (χ0n) is 17.1. The average molecular weight is 427 g/mol. The van der Waals surface area contributed by atoms with Crippen LogP contribution in [0.15, 0.2) is 67.3 Å². The van der Waals surface area contributed by atoms with E-state index in [4.69, 9.17) is 11.5 Å². The fraction of sp³-hybridized carbons (Fsp3) is 0.174. The number of carbonyl (C=O) groups is 2. The van der Waals surface area contributed by atoms with Gasteiger partial charge in [0.15, 0.2) is 11.4 Å². The number of hydrogen-bond acceptors (Lipinski definition) is 6. The number of carbonyl (C=O) groups excluding carboxylic acids is 2. The fourth-order valence-corrected chi connectivity index (χ4v) is 3.90. The maximum absolute atomic E-state index is 12.8. The standard InChI is InChI=1S/C23H21N7O2/c24-20(31)19-7-4-16(12-26-19)15-8-9-27-23(11-15,22(25)32)17-3-1-2-14(10-17)21-29-28-13-30(21)18-5-6-18/h1-4,7-13,18,27H,5-6H2,(H2,24,31)(H2,25,32). The lowest BCUT2D eigenvalue weighted by Gasteiger charge is -2.32. The number of nitrogens with two attached hydrogens (primary N) is 2. The summed E-state index contributed by atoms with van der Waals surface area (Å²) in [6.07, 6.45) is 10.8. The summed E-state index contributed by atoms with van der Waals surface area (Å²) in [6, 6.07) is 11.3. The minimum Gasteiger partial charge on any atom is -0.370 e. The van der Waals surface area contributed by atoms with Crippen LogP contribution in [0.3, 0.4) is 0 Å². The van der Waals surface area contributed by atoms with Crippen molar-refractivity contribution in [3.05, 3.63) is 84.1 Å². The van der Waals surface area contributed by atoms with Gasteiger partial charge in [0.25, 0.3) is 11.8 Å². The van der Waals surface area contributed by atoms with E-state index in [0.717, 1.165) is 35.4 Å². The number of amides is 2. The highest BCUT2D eigenvalue weighted by Crippen LogP contribution is 2.38. The molecular weight excluding hydrogens is 406 g/mol. The van der Waals surface area contributed by atoms with Crippen LogP contribution in [-0.4, -0.2) is 31.6 Å². The number of benzene rings is 1. The molecule has 1 unspecified atom stereocenters. The quantitative estimate of drug-likeness (QED) is 0.546. The molecule has 0 spiro atoms. The first-order valence-corrected chi connectivity index (χ1v) is 10.2. The fourth-order valence-electron chi connectivity index (χ4n) is 3.90. The molecular formula is C23H21N7O2. The molecule has 1 aromatic carbocycles. The zero-order valence-corrected chi connectivity index (χ0v) is 17.1. The zero-order chi connectivity index (χ0) is 22.3. The Kier molecular flexibility index (Phi) is 4.58. The van der Waals surface area contributed by atoms with E-state index >= 15 is 0 Å². The van der Waals surface area contributed by atoms with E-state index < -0.39 is 17.4 Å². The van der Waals surface area contributed by atoms with Crippen LogP contribution in [0.1, 0.15) is 40.5 Å². The third kappa shape index (κ3) is 3.33. The van der Waals surface area contributed by atoms with Crippen molar-refractivity contribution in [3.8, 4) is 11.4 Å². The molecule has 0 bridgehead atoms. The Morgan fingerprint density at radius 2 is 1.97 bits per heavy atom. The summed E-state index contributed by atoms with van der Waals surface area (Å²) >= 11 is 0. The summed E-state index contributed by atoms with van der Waals surface area (Å²) in [6.45, 7) is 0. The van der Waals surface area contributed by atoms with Crippen molar-refractivity contribution in [2.75, 3.05) is 0 Å². The van der Waals surface area contributed by atoms with Crippen LogP contribution in [0.25, 0.3) is 17.0 Å². The summed E-state index contributed by atoms with van der Waals surface area (Å²) in [5.41, 5.74) is 13.1. The SMILES string of the molecule is NC(=O)c1ccc(C2=CC(C(N)=O)(c3cccc(-c4nncn4C4CC4)c3)NC=C2)cn1. The molecule has 2 aliphatic rings. The summed E-state index contributed by atoms with van der Waals surface area (Å²) < 4.78 is 2.07. The molecule has 2 aromatic heterocycles. The van der Waals surface area contributed by atoms with Crippen LogP contribution in [0.4, 0.5) is 0 Å². The van der Waals surface area contributed by atoms with Crippen molar-refractivity contribution in [1.29, 1.82) is 0 Å². The molecule has 160 valence electrons. The van der Waals surface area contributed by atoms with Crippen molar-refractivity contribution in [2.24, 2.45) is 11.5 Å². The predicted molar refractivity (Wildman–Crippen MR) is 118 cm³/mol. The Morgan fingerprint density at radius 3 is 2.66 bits per heavy atom. The van der Waals surface area contributed by atoms with Gasteiger partial charge in [0.05, 0.1) is 0 Å². The van der Waals surface area contributed by atoms with Crippen LogP contribution in [-0.2, 0) is 10.3 Å². The van der Waals surface area contributed by atoms with E-state index in [-0.39, 0.29) is 5.69 Å². The number of aromatic nitrogens is 4. The van der Waals surface area contributed by atoms with Crippen molar-refractivity contribution in [2.45, 2.75) is 24.4 Å². The lowest BCUT2D eigenvalue weighted by atomic mass is 9.83. The van der Waals surface area contributed by atoms with Crippen molar-refractivity contribution < 1.29 is 9.59 Å². The Hall–Kier alpha value is -4.27. The minimum absolute atomic E-state index is 0.168. The first-order valence-electron chi connectivity index (χ1n) is 10.2. The van der Waals surface area contributed by atoms with Gasteiger partial charge in [-0.2, -0.15) is 0 Å². The molecule has 9 heteroatoms. The van der Waals surface area contributed by atoms with Gasteiger partial charge in [-0.3, -0.25) is 14.6 Å². The molecule has 1 aliphatic heterocycles. The van der Waals surface area contributed by atoms with E-state index in [2.05, 4.69) is 25.1 Å². The van der Waals surface area contributed by atoms with Gasteiger partial charge in [-0.1, -0.05) is 24.3 Å². The number of nitrogens with one attached hydrogen (secondary N) is 1. The summed E-state index contributed by atoms with van der Waals surface area (Å²) in [7, 11) is 0. The second-order valence-electron chi connectivity index (χ2n) is 7.92. The first-order chi connectivity index (χ1) is 15.5. The van der Waals surface area contributed by atoms with Gasteiger partial charge in [-0.25, -0.2) is 0 Å². The normalized spacial score (nSPS) is 19.8. The minimum atomic E-state index is -1.27. The largest absolute Gasteiger partial charge is 0.370 e. The summed E-state index contributed by atoms with van der Waals surface area (Å²) in [5.74, 6) is -0.397. The number of pyridine rings is 1. The van der Waals surface area contributed by atoms with Crippen molar-refractivity contribution in [3.63, 3.8) is 0 Å². The van der Waals surface area contributed by atoms with E-state index in [1.165, 1.54) is 0 Å². The van der Waals surface area contributed by atoms with Crippen LogP contribution < -0.4 is 16.8 Å². The van der Waals surface area contributed by atoms with Gasteiger partial charge in [-0.15, -0.1) is 10.2 Å². The molecule has 1 aliphatic carbocycles. The van der Waals surface area contributed by atoms with E-state index in [9.17, 15) is 9.59 Å². The highest BCUT2D eigenvalue weighted by Gasteiger charge is 2.38.